The first kappa shape index (κ1) is 16.1. The van der Waals surface area contributed by atoms with Crippen LogP contribution in [0.1, 0.15) is 6.42 Å². The van der Waals surface area contributed by atoms with E-state index in [0.717, 1.165) is 6.26 Å². The molecule has 0 atom stereocenters. The molecule has 0 saturated carbocycles. The maximum Gasteiger partial charge on any atom is 0.353 e. The highest BCUT2D eigenvalue weighted by Crippen LogP contribution is 2.35. The molecule has 0 heterocycles. The lowest BCUT2D eigenvalue weighted by atomic mass is 10.5. The molecule has 0 fully saturated rings. The maximum absolute atomic E-state index is 12.4. The van der Waals surface area contributed by atoms with Gasteiger partial charge in [0.2, 0.25) is 0 Å². The third-order valence-electron chi connectivity index (χ3n) is 1.44. The number of carbonyl (C=O) groups is 1. The molecule has 100 valence electrons. The van der Waals surface area contributed by atoms with Crippen LogP contribution in [0, 0.1) is 0 Å². The van der Waals surface area contributed by atoms with E-state index < -0.39 is 23.4 Å². The minimum Gasteiger partial charge on any atom is -0.498 e. The molecular weight excluding hydrogens is 264 g/mol. The summed E-state index contributed by atoms with van der Waals surface area (Å²) in [6.07, 6.45) is -2.95. The van der Waals surface area contributed by atoms with Crippen molar-refractivity contribution in [3.05, 3.63) is 12.8 Å². The van der Waals surface area contributed by atoms with Crippen LogP contribution in [0.25, 0.3) is 0 Å². The van der Waals surface area contributed by atoms with Crippen molar-refractivity contribution in [1.82, 2.24) is 0 Å². The molecule has 0 radical (unpaired) electrons. The summed E-state index contributed by atoms with van der Waals surface area (Å²) >= 11 is -0.273. The molecule has 0 bridgehead atoms. The van der Waals surface area contributed by atoms with Gasteiger partial charge >= 0.3 is 17.6 Å². The Morgan fingerprint density at radius 3 is 2.59 bits per heavy atom. The molecule has 0 N–H and O–H groups in total. The molecule has 0 aromatic rings. The molecule has 17 heavy (non-hydrogen) atoms. The van der Waals surface area contributed by atoms with Gasteiger partial charge in [0.05, 0.1) is 12.7 Å². The van der Waals surface area contributed by atoms with Crippen LogP contribution in [0.3, 0.4) is 0 Å². The van der Waals surface area contributed by atoms with Gasteiger partial charge in [-0.3, -0.25) is 4.79 Å². The van der Waals surface area contributed by atoms with Crippen LogP contribution in [0.5, 0.6) is 0 Å². The Morgan fingerprint density at radius 1 is 1.41 bits per heavy atom. The van der Waals surface area contributed by atoms with E-state index in [1.54, 1.807) is 0 Å². The van der Waals surface area contributed by atoms with Gasteiger partial charge in [0, 0.05) is 5.75 Å². The summed E-state index contributed by atoms with van der Waals surface area (Å²) in [4.78, 5) is 10.9. The highest BCUT2D eigenvalue weighted by molar-refractivity contribution is 8.00. The summed E-state index contributed by atoms with van der Waals surface area (Å²) in [6, 6.07) is 0. The number of alkyl halides is 4. The molecule has 0 aliphatic rings. The fourth-order valence-electron chi connectivity index (χ4n) is 0.693. The lowest BCUT2D eigenvalue weighted by Crippen LogP contribution is -2.23. The van der Waals surface area contributed by atoms with E-state index in [2.05, 4.69) is 16.1 Å². The zero-order valence-electron chi connectivity index (χ0n) is 8.84. The van der Waals surface area contributed by atoms with Gasteiger partial charge in [-0.15, -0.1) is 0 Å². The first-order valence-electron chi connectivity index (χ1n) is 4.58. The highest BCUT2D eigenvalue weighted by atomic mass is 32.2. The van der Waals surface area contributed by atoms with Gasteiger partial charge in [0.25, 0.3) is 0 Å². The maximum atomic E-state index is 12.4. The minimum absolute atomic E-state index is 0.0409. The lowest BCUT2D eigenvalue weighted by molar-refractivity contribution is -0.144. The van der Waals surface area contributed by atoms with Crippen LogP contribution in [-0.4, -0.2) is 36.6 Å². The number of rotatable bonds is 9. The SMILES string of the molecule is C=COCCOC(=O)CCSC(F)(F)C(F)F. The van der Waals surface area contributed by atoms with Crippen molar-refractivity contribution >= 4 is 17.7 Å². The van der Waals surface area contributed by atoms with Crippen LogP contribution < -0.4 is 0 Å². The van der Waals surface area contributed by atoms with Gasteiger partial charge < -0.3 is 9.47 Å². The summed E-state index contributed by atoms with van der Waals surface area (Å²) < 4.78 is 57.4. The molecule has 3 nitrogen and oxygen atoms in total. The third kappa shape index (κ3) is 7.89. The Balaban J connectivity index is 3.61. The number of ether oxygens (including phenoxy) is 2. The average Bonchev–Trinajstić information content (AvgIpc) is 2.24. The van der Waals surface area contributed by atoms with Crippen molar-refractivity contribution in [3.63, 3.8) is 0 Å². The van der Waals surface area contributed by atoms with E-state index in [-0.39, 0.29) is 31.4 Å². The second-order valence-electron chi connectivity index (χ2n) is 2.72. The topological polar surface area (TPSA) is 35.5 Å². The molecular formula is C9H12F4O3S. The predicted octanol–water partition coefficient (Wildman–Crippen LogP) is 2.67. The van der Waals surface area contributed by atoms with Crippen LogP contribution in [0.15, 0.2) is 12.8 Å². The van der Waals surface area contributed by atoms with E-state index in [4.69, 9.17) is 0 Å². The number of thioether (sulfide) groups is 1. The van der Waals surface area contributed by atoms with Gasteiger partial charge in [0.1, 0.15) is 13.2 Å². The van der Waals surface area contributed by atoms with Gasteiger partial charge in [-0.1, -0.05) is 18.3 Å². The molecule has 0 aliphatic carbocycles. The predicted molar refractivity (Wildman–Crippen MR) is 55.1 cm³/mol. The van der Waals surface area contributed by atoms with Crippen LogP contribution >= 0.6 is 11.8 Å². The third-order valence-corrected chi connectivity index (χ3v) is 2.41. The van der Waals surface area contributed by atoms with Crippen LogP contribution in [0.4, 0.5) is 17.6 Å². The molecule has 0 aliphatic heterocycles. The van der Waals surface area contributed by atoms with Crippen molar-refractivity contribution < 1.29 is 31.8 Å². The van der Waals surface area contributed by atoms with E-state index in [0.29, 0.717) is 0 Å². The number of carbonyl (C=O) groups excluding carboxylic acids is 1. The van der Waals surface area contributed by atoms with Gasteiger partial charge in [-0.05, 0) is 0 Å². The Labute approximate surface area is 100 Å². The number of halogens is 4. The van der Waals surface area contributed by atoms with Crippen molar-refractivity contribution in [2.45, 2.75) is 18.1 Å². The fourth-order valence-corrected chi connectivity index (χ4v) is 1.36. The van der Waals surface area contributed by atoms with Crippen LogP contribution in [0.2, 0.25) is 0 Å². The van der Waals surface area contributed by atoms with Crippen LogP contribution in [-0.2, 0) is 14.3 Å². The van der Waals surface area contributed by atoms with Crippen molar-refractivity contribution in [1.29, 1.82) is 0 Å². The lowest BCUT2D eigenvalue weighted by Gasteiger charge is -2.13. The van der Waals surface area contributed by atoms with Gasteiger partial charge in [-0.2, -0.15) is 8.78 Å². The van der Waals surface area contributed by atoms with E-state index >= 15 is 0 Å². The Hall–Kier alpha value is -0.920. The average molecular weight is 276 g/mol. The van der Waals surface area contributed by atoms with Crippen molar-refractivity contribution in [3.8, 4) is 0 Å². The molecule has 0 rings (SSSR count). The quantitative estimate of drug-likeness (QED) is 0.281. The summed E-state index contributed by atoms with van der Waals surface area (Å²) in [5.41, 5.74) is 0. The minimum atomic E-state index is -4.13. The summed E-state index contributed by atoms with van der Waals surface area (Å²) in [5.74, 6) is -1.17. The number of esters is 1. The first-order chi connectivity index (χ1) is 7.90. The number of hydrogen-bond donors (Lipinski definition) is 0. The molecule has 0 spiro atoms. The standard InChI is InChI=1S/C9H12F4O3S/c1-2-15-4-5-16-7(14)3-6-17-9(12,13)8(10)11/h2,8H,1,3-6H2. The number of hydrogen-bond acceptors (Lipinski definition) is 4. The van der Waals surface area contributed by atoms with Crippen molar-refractivity contribution in [2.75, 3.05) is 19.0 Å². The molecule has 0 amide bonds. The monoisotopic (exact) mass is 276 g/mol. The Kier molecular flexibility index (Phi) is 7.77. The second kappa shape index (κ2) is 8.21. The van der Waals surface area contributed by atoms with Crippen molar-refractivity contribution in [2.24, 2.45) is 0 Å². The summed E-state index contributed by atoms with van der Waals surface area (Å²) in [7, 11) is 0. The fraction of sp³-hybridized carbons (Fsp3) is 0.667. The molecule has 0 saturated heterocycles. The summed E-state index contributed by atoms with van der Waals surface area (Å²) in [6.45, 7) is 3.32. The van der Waals surface area contributed by atoms with Gasteiger partial charge in [-0.25, -0.2) is 8.78 Å². The zero-order chi connectivity index (χ0) is 13.3. The Bertz CT molecular complexity index is 248. The van der Waals surface area contributed by atoms with E-state index in [9.17, 15) is 22.4 Å². The normalized spacial score (nSPS) is 11.4. The zero-order valence-corrected chi connectivity index (χ0v) is 9.65. The molecule has 8 heteroatoms. The highest BCUT2D eigenvalue weighted by Gasteiger charge is 2.41. The molecule has 0 aromatic heterocycles. The van der Waals surface area contributed by atoms with E-state index in [1.165, 1.54) is 0 Å². The summed E-state index contributed by atoms with van der Waals surface area (Å²) in [5, 5.41) is -4.13. The first-order valence-corrected chi connectivity index (χ1v) is 5.56. The Morgan fingerprint density at radius 2 is 2.06 bits per heavy atom. The van der Waals surface area contributed by atoms with E-state index in [1.807, 2.05) is 0 Å². The smallest absolute Gasteiger partial charge is 0.353 e. The largest absolute Gasteiger partial charge is 0.498 e. The molecule has 0 unspecified atom stereocenters. The second-order valence-corrected chi connectivity index (χ2v) is 3.96. The molecule has 0 aromatic carbocycles. The van der Waals surface area contributed by atoms with Gasteiger partial charge in [0.15, 0.2) is 0 Å².